The fourth-order valence-electron chi connectivity index (χ4n) is 2.24. The van der Waals surface area contributed by atoms with Crippen LogP contribution in [-0.2, 0) is 14.3 Å². The molecule has 104 valence electrons. The Hall–Kier alpha value is -2.55. The van der Waals surface area contributed by atoms with Crippen LogP contribution < -0.4 is 9.64 Å². The van der Waals surface area contributed by atoms with Crippen LogP contribution in [0.25, 0.3) is 0 Å². The van der Waals surface area contributed by atoms with Gasteiger partial charge in [-0.25, -0.2) is 0 Å². The summed E-state index contributed by atoms with van der Waals surface area (Å²) in [5.41, 5.74) is 1.00. The average Bonchev–Trinajstić information content (AvgIpc) is 2.87. The maximum atomic E-state index is 12.0. The van der Waals surface area contributed by atoms with Crippen LogP contribution in [0.2, 0.25) is 0 Å². The van der Waals surface area contributed by atoms with E-state index < -0.39 is 11.9 Å². The van der Waals surface area contributed by atoms with Crippen molar-refractivity contribution in [3.8, 4) is 11.8 Å². The second kappa shape index (κ2) is 5.61. The minimum atomic E-state index is -0.465. The maximum absolute atomic E-state index is 12.0. The molecule has 0 aromatic heterocycles. The van der Waals surface area contributed by atoms with Crippen LogP contribution in [-0.4, -0.2) is 32.6 Å². The smallest absolute Gasteiger partial charge is 0.311 e. The van der Waals surface area contributed by atoms with Crippen LogP contribution in [0.3, 0.4) is 0 Å². The van der Waals surface area contributed by atoms with Gasteiger partial charge in [-0.05, 0) is 12.1 Å². The van der Waals surface area contributed by atoms with Gasteiger partial charge in [-0.1, -0.05) is 0 Å². The van der Waals surface area contributed by atoms with E-state index in [1.54, 1.807) is 18.2 Å². The van der Waals surface area contributed by atoms with Crippen LogP contribution in [0.1, 0.15) is 12.0 Å². The lowest BCUT2D eigenvalue weighted by atomic mass is 10.1. The van der Waals surface area contributed by atoms with Gasteiger partial charge < -0.3 is 14.4 Å². The van der Waals surface area contributed by atoms with Gasteiger partial charge >= 0.3 is 5.97 Å². The molecule has 2 rings (SSSR count). The molecule has 1 heterocycles. The molecule has 1 saturated heterocycles. The van der Waals surface area contributed by atoms with Crippen LogP contribution in [0.15, 0.2) is 18.2 Å². The molecule has 1 unspecified atom stereocenters. The summed E-state index contributed by atoms with van der Waals surface area (Å²) >= 11 is 0. The molecule has 0 spiro atoms. The van der Waals surface area contributed by atoms with Crippen LogP contribution in [0, 0.1) is 17.2 Å². The first-order valence-electron chi connectivity index (χ1n) is 6.07. The topological polar surface area (TPSA) is 79.6 Å². The molecule has 0 N–H and O–H groups in total. The summed E-state index contributed by atoms with van der Waals surface area (Å²) in [5, 5.41) is 8.87. The summed E-state index contributed by atoms with van der Waals surface area (Å²) in [5.74, 6) is -0.590. The number of anilines is 1. The Bertz CT molecular complexity index is 591. The van der Waals surface area contributed by atoms with E-state index in [0.29, 0.717) is 17.0 Å². The first kappa shape index (κ1) is 13.9. The predicted octanol–water partition coefficient (Wildman–Crippen LogP) is 1.09. The largest absolute Gasteiger partial charge is 0.495 e. The highest BCUT2D eigenvalue weighted by Crippen LogP contribution is 2.34. The van der Waals surface area contributed by atoms with E-state index in [2.05, 4.69) is 4.74 Å². The average molecular weight is 274 g/mol. The number of benzene rings is 1. The number of nitriles is 1. The Balaban J connectivity index is 2.31. The van der Waals surface area contributed by atoms with E-state index in [1.807, 2.05) is 6.07 Å². The Morgan fingerprint density at radius 2 is 2.20 bits per heavy atom. The van der Waals surface area contributed by atoms with E-state index >= 15 is 0 Å². The second-order valence-corrected chi connectivity index (χ2v) is 4.43. The minimum absolute atomic E-state index is 0.121. The lowest BCUT2D eigenvalue weighted by Gasteiger charge is -2.19. The summed E-state index contributed by atoms with van der Waals surface area (Å²) in [7, 11) is 2.77. The van der Waals surface area contributed by atoms with E-state index in [0.717, 1.165) is 0 Å². The van der Waals surface area contributed by atoms with Crippen molar-refractivity contribution < 1.29 is 19.1 Å². The number of ether oxygens (including phenoxy) is 2. The van der Waals surface area contributed by atoms with E-state index in [-0.39, 0.29) is 18.9 Å². The summed E-state index contributed by atoms with van der Waals surface area (Å²) in [6.07, 6.45) is 0.121. The van der Waals surface area contributed by atoms with Gasteiger partial charge in [0.2, 0.25) is 5.91 Å². The molecule has 20 heavy (non-hydrogen) atoms. The zero-order valence-electron chi connectivity index (χ0n) is 11.3. The van der Waals surface area contributed by atoms with Crippen molar-refractivity contribution in [2.45, 2.75) is 6.42 Å². The van der Waals surface area contributed by atoms with Gasteiger partial charge in [0.1, 0.15) is 5.75 Å². The number of hydrogen-bond donors (Lipinski definition) is 0. The van der Waals surface area contributed by atoms with E-state index in [1.165, 1.54) is 19.1 Å². The molecule has 1 aromatic carbocycles. The lowest BCUT2D eigenvalue weighted by Crippen LogP contribution is -2.26. The molecule has 1 aliphatic heterocycles. The van der Waals surface area contributed by atoms with Crippen molar-refractivity contribution in [1.29, 1.82) is 5.26 Å². The molecule has 1 atom stereocenters. The fourth-order valence-corrected chi connectivity index (χ4v) is 2.24. The summed E-state index contributed by atoms with van der Waals surface area (Å²) in [4.78, 5) is 25.0. The molecule has 0 aliphatic carbocycles. The van der Waals surface area contributed by atoms with Crippen LogP contribution >= 0.6 is 0 Å². The molecule has 6 nitrogen and oxygen atoms in total. The quantitative estimate of drug-likeness (QED) is 0.771. The van der Waals surface area contributed by atoms with Gasteiger partial charge in [0.15, 0.2) is 0 Å². The molecule has 0 radical (unpaired) electrons. The van der Waals surface area contributed by atoms with Crippen molar-refractivity contribution in [3.63, 3.8) is 0 Å². The standard InChI is InChI=1S/C14H14N2O4/c1-19-12-5-9(7-15)3-4-11(12)16-8-10(6-13(16)17)14(18)20-2/h3-5,10H,6,8H2,1-2H3. The number of hydrogen-bond acceptors (Lipinski definition) is 5. The normalized spacial score (nSPS) is 17.8. The zero-order valence-corrected chi connectivity index (χ0v) is 11.3. The molecule has 1 aliphatic rings. The van der Waals surface area contributed by atoms with Gasteiger partial charge in [-0.3, -0.25) is 9.59 Å². The predicted molar refractivity (Wildman–Crippen MR) is 70.2 cm³/mol. The second-order valence-electron chi connectivity index (χ2n) is 4.43. The Kier molecular flexibility index (Phi) is 3.89. The SMILES string of the molecule is COC(=O)C1CC(=O)N(c2ccc(C#N)cc2OC)C1. The zero-order chi connectivity index (χ0) is 14.7. The van der Waals surface area contributed by atoms with Gasteiger partial charge in [0.25, 0.3) is 0 Å². The fraction of sp³-hybridized carbons (Fsp3) is 0.357. The van der Waals surface area contributed by atoms with Crippen molar-refractivity contribution in [2.24, 2.45) is 5.92 Å². The number of rotatable bonds is 3. The number of carbonyl (C=O) groups is 2. The van der Waals surface area contributed by atoms with E-state index in [9.17, 15) is 9.59 Å². The number of amides is 1. The first-order valence-corrected chi connectivity index (χ1v) is 6.07. The lowest BCUT2D eigenvalue weighted by molar-refractivity contribution is -0.145. The van der Waals surface area contributed by atoms with Crippen LogP contribution in [0.4, 0.5) is 5.69 Å². The van der Waals surface area contributed by atoms with Crippen molar-refractivity contribution >= 4 is 17.6 Å². The molecular formula is C14H14N2O4. The van der Waals surface area contributed by atoms with Crippen molar-refractivity contribution in [3.05, 3.63) is 23.8 Å². The maximum Gasteiger partial charge on any atom is 0.311 e. The van der Waals surface area contributed by atoms with Gasteiger partial charge in [-0.15, -0.1) is 0 Å². The summed E-state index contributed by atoms with van der Waals surface area (Å²) in [6.45, 7) is 0.258. The molecular weight excluding hydrogens is 260 g/mol. The van der Waals surface area contributed by atoms with Gasteiger partial charge in [-0.2, -0.15) is 5.26 Å². The highest BCUT2D eigenvalue weighted by molar-refractivity contribution is 6.00. The Morgan fingerprint density at radius 1 is 1.45 bits per heavy atom. The Labute approximate surface area is 116 Å². The van der Waals surface area contributed by atoms with Gasteiger partial charge in [0.05, 0.1) is 37.5 Å². The highest BCUT2D eigenvalue weighted by Gasteiger charge is 2.36. The Morgan fingerprint density at radius 3 is 2.80 bits per heavy atom. The molecule has 0 bridgehead atoms. The molecule has 1 amide bonds. The monoisotopic (exact) mass is 274 g/mol. The first-order chi connectivity index (χ1) is 9.60. The molecule has 1 aromatic rings. The number of methoxy groups -OCH3 is 2. The molecule has 1 fully saturated rings. The summed E-state index contributed by atoms with van der Waals surface area (Å²) < 4.78 is 9.88. The third-order valence-corrected chi connectivity index (χ3v) is 3.26. The van der Waals surface area contributed by atoms with Crippen molar-refractivity contribution in [2.75, 3.05) is 25.7 Å². The highest BCUT2D eigenvalue weighted by atomic mass is 16.5. The summed E-state index contributed by atoms with van der Waals surface area (Å²) in [6, 6.07) is 6.83. The number of nitrogens with zero attached hydrogens (tertiary/aromatic N) is 2. The minimum Gasteiger partial charge on any atom is -0.495 e. The number of esters is 1. The molecule has 0 saturated carbocycles. The van der Waals surface area contributed by atoms with Gasteiger partial charge in [0, 0.05) is 19.0 Å². The van der Waals surface area contributed by atoms with Crippen molar-refractivity contribution in [1.82, 2.24) is 0 Å². The van der Waals surface area contributed by atoms with E-state index in [4.69, 9.17) is 10.00 Å². The third-order valence-electron chi connectivity index (χ3n) is 3.26. The molecule has 6 heteroatoms. The van der Waals surface area contributed by atoms with Crippen LogP contribution in [0.5, 0.6) is 5.75 Å². The third kappa shape index (κ3) is 2.43. The number of carbonyl (C=O) groups excluding carboxylic acids is 2.